The van der Waals surface area contributed by atoms with E-state index in [0.29, 0.717) is 31.0 Å². The van der Waals surface area contributed by atoms with Crippen LogP contribution in [0.3, 0.4) is 0 Å². The normalized spacial score (nSPS) is 19.3. The van der Waals surface area contributed by atoms with E-state index < -0.39 is 10.0 Å². The SMILES string of the molecule is O=C(NCCCN1CCc2ccccc21)[C@H]1CCCN(S(=O)(=O)c2ccc(Cl)cc2)C1. The van der Waals surface area contributed by atoms with Crippen molar-refractivity contribution in [2.75, 3.05) is 37.6 Å². The van der Waals surface area contributed by atoms with Crippen molar-refractivity contribution in [1.82, 2.24) is 9.62 Å². The average Bonchev–Trinajstić information content (AvgIpc) is 3.20. The van der Waals surface area contributed by atoms with Gasteiger partial charge in [-0.1, -0.05) is 29.8 Å². The fraction of sp³-hybridized carbons (Fsp3) is 0.435. The molecule has 166 valence electrons. The lowest BCUT2D eigenvalue weighted by Gasteiger charge is -2.31. The number of sulfonamides is 1. The topological polar surface area (TPSA) is 69.7 Å². The largest absolute Gasteiger partial charge is 0.371 e. The summed E-state index contributed by atoms with van der Waals surface area (Å²) in [6.07, 6.45) is 3.32. The monoisotopic (exact) mass is 461 g/mol. The van der Waals surface area contributed by atoms with Crippen LogP contribution in [0.5, 0.6) is 0 Å². The molecule has 0 unspecified atom stereocenters. The van der Waals surface area contributed by atoms with E-state index in [1.165, 1.54) is 27.7 Å². The lowest BCUT2D eigenvalue weighted by atomic mass is 9.99. The first-order valence-electron chi connectivity index (χ1n) is 10.8. The molecule has 1 N–H and O–H groups in total. The summed E-state index contributed by atoms with van der Waals surface area (Å²) in [6, 6.07) is 14.6. The average molecular weight is 462 g/mol. The van der Waals surface area contributed by atoms with Crippen LogP contribution in [-0.4, -0.2) is 51.4 Å². The van der Waals surface area contributed by atoms with Gasteiger partial charge in [0.2, 0.25) is 15.9 Å². The van der Waals surface area contributed by atoms with E-state index in [-0.39, 0.29) is 23.3 Å². The van der Waals surface area contributed by atoms with Gasteiger partial charge in [0.25, 0.3) is 0 Å². The first kappa shape index (κ1) is 22.1. The molecule has 2 aliphatic heterocycles. The van der Waals surface area contributed by atoms with Crippen LogP contribution in [0, 0.1) is 5.92 Å². The Hall–Kier alpha value is -2.09. The number of hydrogen-bond donors (Lipinski definition) is 1. The number of fused-ring (bicyclic) bond motifs is 1. The van der Waals surface area contributed by atoms with Crippen LogP contribution in [0.25, 0.3) is 0 Å². The van der Waals surface area contributed by atoms with Gasteiger partial charge in [-0.15, -0.1) is 0 Å². The van der Waals surface area contributed by atoms with E-state index in [9.17, 15) is 13.2 Å². The Balaban J connectivity index is 1.27. The van der Waals surface area contributed by atoms with Crippen LogP contribution in [0.4, 0.5) is 5.69 Å². The molecule has 2 aliphatic rings. The molecule has 0 saturated carbocycles. The van der Waals surface area contributed by atoms with E-state index in [4.69, 9.17) is 11.6 Å². The van der Waals surface area contributed by atoms with Gasteiger partial charge >= 0.3 is 0 Å². The Morgan fingerprint density at radius 2 is 1.87 bits per heavy atom. The number of carbonyl (C=O) groups is 1. The Morgan fingerprint density at radius 1 is 1.10 bits per heavy atom. The number of piperidine rings is 1. The highest BCUT2D eigenvalue weighted by molar-refractivity contribution is 7.89. The molecule has 2 aromatic carbocycles. The van der Waals surface area contributed by atoms with Crippen LogP contribution in [0.15, 0.2) is 53.4 Å². The van der Waals surface area contributed by atoms with Crippen molar-refractivity contribution < 1.29 is 13.2 Å². The maximum Gasteiger partial charge on any atom is 0.243 e. The van der Waals surface area contributed by atoms with Crippen LogP contribution >= 0.6 is 11.6 Å². The van der Waals surface area contributed by atoms with Crippen LogP contribution in [-0.2, 0) is 21.2 Å². The minimum atomic E-state index is -3.62. The highest BCUT2D eigenvalue weighted by Gasteiger charge is 2.33. The molecular weight excluding hydrogens is 434 g/mol. The smallest absolute Gasteiger partial charge is 0.243 e. The van der Waals surface area contributed by atoms with Gasteiger partial charge in [-0.3, -0.25) is 4.79 Å². The fourth-order valence-corrected chi connectivity index (χ4v) is 6.04. The van der Waals surface area contributed by atoms with Crippen molar-refractivity contribution in [2.24, 2.45) is 5.92 Å². The van der Waals surface area contributed by atoms with Crippen molar-refractivity contribution in [2.45, 2.75) is 30.6 Å². The molecule has 2 aromatic rings. The van der Waals surface area contributed by atoms with Crippen molar-refractivity contribution in [3.63, 3.8) is 0 Å². The van der Waals surface area contributed by atoms with Gasteiger partial charge in [0, 0.05) is 43.4 Å². The van der Waals surface area contributed by atoms with E-state index in [1.54, 1.807) is 12.1 Å². The third-order valence-electron chi connectivity index (χ3n) is 6.09. The summed E-state index contributed by atoms with van der Waals surface area (Å²) in [7, 11) is -3.62. The summed E-state index contributed by atoms with van der Waals surface area (Å²) < 4.78 is 27.3. The highest BCUT2D eigenvalue weighted by atomic mass is 35.5. The molecule has 1 saturated heterocycles. The fourth-order valence-electron chi connectivity index (χ4n) is 4.40. The molecule has 0 radical (unpaired) electrons. The maximum absolute atomic E-state index is 12.9. The zero-order chi connectivity index (χ0) is 21.8. The van der Waals surface area contributed by atoms with Crippen LogP contribution in [0.2, 0.25) is 5.02 Å². The molecule has 0 aromatic heterocycles. The van der Waals surface area contributed by atoms with E-state index in [0.717, 1.165) is 25.9 Å². The first-order chi connectivity index (χ1) is 14.9. The molecule has 6 nitrogen and oxygen atoms in total. The standard InChI is InChI=1S/C23H28ClN3O3S/c24-20-8-10-21(11-9-20)31(29,30)27-15-3-6-19(17-27)23(28)25-13-4-14-26-16-12-18-5-1-2-7-22(18)26/h1-2,5,7-11,19H,3-4,6,12-17H2,(H,25,28)/t19-/m0/s1. The summed E-state index contributed by atoms with van der Waals surface area (Å²) in [5, 5.41) is 3.51. The van der Waals surface area contributed by atoms with Gasteiger partial charge in [-0.2, -0.15) is 4.31 Å². The molecule has 31 heavy (non-hydrogen) atoms. The zero-order valence-corrected chi connectivity index (χ0v) is 19.0. The third kappa shape index (κ3) is 5.05. The second kappa shape index (κ2) is 9.59. The zero-order valence-electron chi connectivity index (χ0n) is 17.5. The Bertz CT molecular complexity index is 1030. The lowest BCUT2D eigenvalue weighted by Crippen LogP contribution is -2.45. The summed E-state index contributed by atoms with van der Waals surface area (Å²) in [6.45, 7) is 3.17. The number of nitrogens with one attached hydrogen (secondary N) is 1. The molecular formula is C23H28ClN3O3S. The number of halogens is 1. The van der Waals surface area contributed by atoms with Crippen molar-refractivity contribution >= 4 is 33.2 Å². The second-order valence-electron chi connectivity index (χ2n) is 8.17. The number of rotatable bonds is 7. The second-order valence-corrected chi connectivity index (χ2v) is 10.5. The predicted molar refractivity (Wildman–Crippen MR) is 123 cm³/mol. The van der Waals surface area contributed by atoms with Gasteiger partial charge in [-0.25, -0.2) is 8.42 Å². The maximum atomic E-state index is 12.9. The Morgan fingerprint density at radius 3 is 2.68 bits per heavy atom. The molecule has 0 aliphatic carbocycles. The third-order valence-corrected chi connectivity index (χ3v) is 8.23. The number of carbonyl (C=O) groups excluding carboxylic acids is 1. The van der Waals surface area contributed by atoms with E-state index in [1.807, 2.05) is 0 Å². The van der Waals surface area contributed by atoms with E-state index in [2.05, 4.69) is 34.5 Å². The number of hydrogen-bond acceptors (Lipinski definition) is 4. The van der Waals surface area contributed by atoms with Crippen molar-refractivity contribution in [3.8, 4) is 0 Å². The van der Waals surface area contributed by atoms with Gasteiger partial charge in [-0.05, 0) is 61.6 Å². The minimum Gasteiger partial charge on any atom is -0.371 e. The number of nitrogens with zero attached hydrogens (tertiary/aromatic N) is 2. The molecule has 1 amide bonds. The molecule has 4 rings (SSSR count). The summed E-state index contributed by atoms with van der Waals surface area (Å²) >= 11 is 5.87. The molecule has 1 fully saturated rings. The van der Waals surface area contributed by atoms with Gasteiger partial charge < -0.3 is 10.2 Å². The summed E-state index contributed by atoms with van der Waals surface area (Å²) in [4.78, 5) is 15.3. The number of amides is 1. The lowest BCUT2D eigenvalue weighted by molar-refractivity contribution is -0.126. The van der Waals surface area contributed by atoms with Gasteiger partial charge in [0.1, 0.15) is 0 Å². The first-order valence-corrected chi connectivity index (χ1v) is 12.6. The van der Waals surface area contributed by atoms with Crippen LogP contribution < -0.4 is 10.2 Å². The van der Waals surface area contributed by atoms with Gasteiger partial charge in [0.05, 0.1) is 10.8 Å². The molecule has 0 spiro atoms. The number of para-hydroxylation sites is 1. The Labute approximate surface area is 189 Å². The van der Waals surface area contributed by atoms with Crippen molar-refractivity contribution in [1.29, 1.82) is 0 Å². The summed E-state index contributed by atoms with van der Waals surface area (Å²) in [5.41, 5.74) is 2.68. The van der Waals surface area contributed by atoms with Crippen LogP contribution in [0.1, 0.15) is 24.8 Å². The molecule has 1 atom stereocenters. The van der Waals surface area contributed by atoms with E-state index >= 15 is 0 Å². The highest BCUT2D eigenvalue weighted by Crippen LogP contribution is 2.27. The number of anilines is 1. The molecule has 2 heterocycles. The van der Waals surface area contributed by atoms with Crippen molar-refractivity contribution in [3.05, 3.63) is 59.1 Å². The summed E-state index contributed by atoms with van der Waals surface area (Å²) in [5.74, 6) is -0.374. The quantitative estimate of drug-likeness (QED) is 0.642. The predicted octanol–water partition coefficient (Wildman–Crippen LogP) is 3.31. The van der Waals surface area contributed by atoms with Gasteiger partial charge in [0.15, 0.2) is 0 Å². The Kier molecular flexibility index (Phi) is 6.84. The minimum absolute atomic E-state index is 0.0576. The molecule has 8 heteroatoms. The molecule has 0 bridgehead atoms. The number of benzene rings is 2.